The molecule has 1 rings (SSSR count). The van der Waals surface area contributed by atoms with Crippen molar-refractivity contribution in [2.75, 3.05) is 19.6 Å². The molecule has 0 aromatic carbocycles. The summed E-state index contributed by atoms with van der Waals surface area (Å²) in [4.78, 5) is 6.66. The van der Waals surface area contributed by atoms with Gasteiger partial charge in [0.25, 0.3) is 0 Å². The van der Waals surface area contributed by atoms with Crippen LogP contribution in [0.3, 0.4) is 0 Å². The van der Waals surface area contributed by atoms with E-state index >= 15 is 0 Å². The van der Waals surface area contributed by atoms with Crippen LogP contribution in [0.4, 0.5) is 0 Å². The number of hydrogen-bond donors (Lipinski definition) is 1. The summed E-state index contributed by atoms with van der Waals surface area (Å²) in [6, 6.07) is 0. The van der Waals surface area contributed by atoms with Crippen LogP contribution in [0.15, 0.2) is 4.99 Å². The van der Waals surface area contributed by atoms with Crippen LogP contribution in [0.1, 0.15) is 46.0 Å². The summed E-state index contributed by atoms with van der Waals surface area (Å²) < 4.78 is 0. The number of piperidine rings is 1. The zero-order valence-electron chi connectivity index (χ0n) is 10.2. The lowest BCUT2D eigenvalue weighted by atomic mass is 10.00. The molecule has 0 bridgehead atoms. The van der Waals surface area contributed by atoms with Gasteiger partial charge in [-0.15, -0.1) is 0 Å². The monoisotopic (exact) mass is 211 g/mol. The number of unbranched alkanes of at least 4 members (excludes halogenated alkanes) is 2. The first-order valence-electron chi connectivity index (χ1n) is 6.29. The molecule has 2 N–H and O–H groups in total. The minimum Gasteiger partial charge on any atom is -0.370 e. The number of rotatable bonds is 4. The molecule has 88 valence electrons. The second kappa shape index (κ2) is 6.70. The Kier molecular flexibility index (Phi) is 5.51. The summed E-state index contributed by atoms with van der Waals surface area (Å²) in [5.41, 5.74) is 5.95. The summed E-state index contributed by atoms with van der Waals surface area (Å²) >= 11 is 0. The topological polar surface area (TPSA) is 41.6 Å². The van der Waals surface area contributed by atoms with Gasteiger partial charge in [0.1, 0.15) is 0 Å². The van der Waals surface area contributed by atoms with Crippen LogP contribution in [0.5, 0.6) is 0 Å². The lowest BCUT2D eigenvalue weighted by Gasteiger charge is -2.31. The van der Waals surface area contributed by atoms with Crippen LogP contribution < -0.4 is 5.73 Å². The maximum atomic E-state index is 5.95. The van der Waals surface area contributed by atoms with Gasteiger partial charge in [-0.25, -0.2) is 0 Å². The number of guanidine groups is 1. The molecule has 0 saturated carbocycles. The van der Waals surface area contributed by atoms with E-state index < -0.39 is 0 Å². The Morgan fingerprint density at radius 2 is 2.00 bits per heavy atom. The quantitative estimate of drug-likeness (QED) is 0.440. The fourth-order valence-corrected chi connectivity index (χ4v) is 1.89. The molecule has 0 radical (unpaired) electrons. The lowest BCUT2D eigenvalue weighted by Crippen LogP contribution is -2.42. The summed E-state index contributed by atoms with van der Waals surface area (Å²) in [5.74, 6) is 1.62. The van der Waals surface area contributed by atoms with Crippen LogP contribution in [-0.2, 0) is 0 Å². The van der Waals surface area contributed by atoms with E-state index in [1.807, 2.05) is 0 Å². The maximum Gasteiger partial charge on any atom is 0.191 e. The van der Waals surface area contributed by atoms with E-state index in [0.717, 1.165) is 31.5 Å². The van der Waals surface area contributed by atoms with Crippen molar-refractivity contribution in [2.45, 2.75) is 46.0 Å². The van der Waals surface area contributed by atoms with Crippen LogP contribution in [0.25, 0.3) is 0 Å². The number of nitrogens with zero attached hydrogens (tertiary/aromatic N) is 2. The molecule has 0 amide bonds. The van der Waals surface area contributed by atoms with Gasteiger partial charge in [0, 0.05) is 19.6 Å². The summed E-state index contributed by atoms with van der Waals surface area (Å²) in [7, 11) is 0. The Balaban J connectivity index is 2.23. The minimum absolute atomic E-state index is 0.762. The first kappa shape index (κ1) is 12.3. The van der Waals surface area contributed by atoms with Crippen molar-refractivity contribution >= 4 is 5.96 Å². The molecule has 0 unspecified atom stereocenters. The lowest BCUT2D eigenvalue weighted by molar-refractivity contribution is 0.277. The molecule has 3 nitrogen and oxygen atoms in total. The van der Waals surface area contributed by atoms with Gasteiger partial charge in [-0.3, -0.25) is 4.99 Å². The third kappa shape index (κ3) is 4.54. The fraction of sp³-hybridized carbons (Fsp3) is 0.917. The molecule has 0 aliphatic carbocycles. The highest BCUT2D eigenvalue weighted by atomic mass is 15.3. The molecule has 1 saturated heterocycles. The van der Waals surface area contributed by atoms with Crippen molar-refractivity contribution in [2.24, 2.45) is 16.6 Å². The average molecular weight is 211 g/mol. The number of likely N-dealkylation sites (tertiary alicyclic amines) is 1. The predicted octanol–water partition coefficient (Wildman–Crippen LogP) is 2.22. The van der Waals surface area contributed by atoms with E-state index in [-0.39, 0.29) is 0 Å². The van der Waals surface area contributed by atoms with Gasteiger partial charge in [-0.2, -0.15) is 0 Å². The van der Waals surface area contributed by atoms with Crippen molar-refractivity contribution < 1.29 is 0 Å². The molecule has 3 heteroatoms. The highest BCUT2D eigenvalue weighted by Crippen LogP contribution is 2.15. The second-order valence-corrected chi connectivity index (χ2v) is 4.62. The Bertz CT molecular complexity index is 193. The third-order valence-corrected chi connectivity index (χ3v) is 3.14. The Hall–Kier alpha value is -0.730. The van der Waals surface area contributed by atoms with Crippen molar-refractivity contribution in [3.05, 3.63) is 0 Å². The van der Waals surface area contributed by atoms with Crippen LogP contribution >= 0.6 is 0 Å². The standard InChI is InChI=1S/C12H25N3/c1-3-4-5-8-14-12(13)15-9-6-11(2)7-10-15/h11H,3-10H2,1-2H3,(H2,13,14). The molecular formula is C12H25N3. The van der Waals surface area contributed by atoms with E-state index in [1.165, 1.54) is 32.1 Å². The maximum absolute atomic E-state index is 5.95. The Morgan fingerprint density at radius 1 is 1.33 bits per heavy atom. The van der Waals surface area contributed by atoms with Gasteiger partial charge < -0.3 is 10.6 Å². The van der Waals surface area contributed by atoms with Crippen LogP contribution in [0.2, 0.25) is 0 Å². The largest absolute Gasteiger partial charge is 0.370 e. The molecule has 1 heterocycles. The Labute approximate surface area is 93.7 Å². The van der Waals surface area contributed by atoms with Crippen LogP contribution in [-0.4, -0.2) is 30.5 Å². The average Bonchev–Trinajstić information content (AvgIpc) is 2.25. The smallest absolute Gasteiger partial charge is 0.191 e. The molecule has 15 heavy (non-hydrogen) atoms. The number of aliphatic imine (C=N–C) groups is 1. The summed E-state index contributed by atoms with van der Waals surface area (Å²) in [6.07, 6.45) is 6.18. The first-order chi connectivity index (χ1) is 7.24. The second-order valence-electron chi connectivity index (χ2n) is 4.62. The minimum atomic E-state index is 0.762. The molecule has 1 fully saturated rings. The first-order valence-corrected chi connectivity index (χ1v) is 6.29. The van der Waals surface area contributed by atoms with Gasteiger partial charge in [0.15, 0.2) is 5.96 Å². The molecule has 0 aromatic heterocycles. The van der Waals surface area contributed by atoms with Gasteiger partial charge in [0.2, 0.25) is 0 Å². The molecule has 1 aliphatic heterocycles. The number of hydrogen-bond acceptors (Lipinski definition) is 1. The van der Waals surface area contributed by atoms with Crippen molar-refractivity contribution in [3.8, 4) is 0 Å². The van der Waals surface area contributed by atoms with Gasteiger partial charge in [0.05, 0.1) is 0 Å². The zero-order chi connectivity index (χ0) is 11.1. The molecule has 0 aromatic rings. The van der Waals surface area contributed by atoms with E-state index in [1.54, 1.807) is 0 Å². The highest BCUT2D eigenvalue weighted by Gasteiger charge is 2.16. The third-order valence-electron chi connectivity index (χ3n) is 3.14. The predicted molar refractivity (Wildman–Crippen MR) is 66.0 cm³/mol. The molecule has 1 aliphatic rings. The fourth-order valence-electron chi connectivity index (χ4n) is 1.89. The van der Waals surface area contributed by atoms with Crippen LogP contribution in [0, 0.1) is 5.92 Å². The van der Waals surface area contributed by atoms with E-state index in [0.29, 0.717) is 0 Å². The highest BCUT2D eigenvalue weighted by molar-refractivity contribution is 5.78. The van der Waals surface area contributed by atoms with Gasteiger partial charge >= 0.3 is 0 Å². The zero-order valence-corrected chi connectivity index (χ0v) is 10.2. The Morgan fingerprint density at radius 3 is 2.60 bits per heavy atom. The number of nitrogens with two attached hydrogens (primary N) is 1. The SMILES string of the molecule is CCCCCN=C(N)N1CCC(C)CC1. The van der Waals surface area contributed by atoms with Gasteiger partial charge in [-0.05, 0) is 25.2 Å². The van der Waals surface area contributed by atoms with Crippen molar-refractivity contribution in [1.29, 1.82) is 0 Å². The molecular weight excluding hydrogens is 186 g/mol. The van der Waals surface area contributed by atoms with E-state index in [4.69, 9.17) is 5.73 Å². The van der Waals surface area contributed by atoms with Gasteiger partial charge in [-0.1, -0.05) is 26.7 Å². The molecule has 0 spiro atoms. The van der Waals surface area contributed by atoms with E-state index in [2.05, 4.69) is 23.7 Å². The summed E-state index contributed by atoms with van der Waals surface area (Å²) in [5, 5.41) is 0. The summed E-state index contributed by atoms with van der Waals surface area (Å²) in [6.45, 7) is 7.59. The van der Waals surface area contributed by atoms with E-state index in [9.17, 15) is 0 Å². The molecule has 0 atom stereocenters. The van der Waals surface area contributed by atoms with Crippen molar-refractivity contribution in [3.63, 3.8) is 0 Å². The normalized spacial score (nSPS) is 19.6. The van der Waals surface area contributed by atoms with Crippen molar-refractivity contribution in [1.82, 2.24) is 4.90 Å².